The predicted octanol–water partition coefficient (Wildman–Crippen LogP) is 15.1. The summed E-state index contributed by atoms with van der Waals surface area (Å²) in [4.78, 5) is 25.0. The molecule has 0 radical (unpaired) electrons. The van der Waals surface area contributed by atoms with Gasteiger partial charge in [-0.25, -0.2) is 0 Å². The number of rotatable bonds is 40. The van der Waals surface area contributed by atoms with Gasteiger partial charge in [0, 0.05) is 19.4 Å². The predicted molar refractivity (Wildman–Crippen MR) is 242 cm³/mol. The van der Waals surface area contributed by atoms with E-state index in [4.69, 9.17) is 14.2 Å². The van der Waals surface area contributed by atoms with E-state index in [1.165, 1.54) is 38.5 Å². The monoisotopic (exact) mass is 777 g/mol. The molecule has 0 rings (SSSR count). The number of carbonyl (C=O) groups excluding carboxylic acids is 2. The molecule has 0 bridgehead atoms. The summed E-state index contributed by atoms with van der Waals surface area (Å²) in [6.07, 6.45) is 61.5. The van der Waals surface area contributed by atoms with Crippen LogP contribution in [0.1, 0.15) is 188 Å². The highest BCUT2D eigenvalue weighted by molar-refractivity contribution is 5.70. The molecule has 0 saturated carbocycles. The van der Waals surface area contributed by atoms with Crippen molar-refractivity contribution in [2.75, 3.05) is 19.8 Å². The Balaban J connectivity index is 4.16. The van der Waals surface area contributed by atoms with Gasteiger partial charge in [0.1, 0.15) is 6.61 Å². The Morgan fingerprint density at radius 1 is 0.411 bits per heavy atom. The van der Waals surface area contributed by atoms with E-state index < -0.39 is 6.10 Å². The van der Waals surface area contributed by atoms with Gasteiger partial charge >= 0.3 is 11.9 Å². The van der Waals surface area contributed by atoms with Gasteiger partial charge in [-0.3, -0.25) is 9.59 Å². The molecule has 1 unspecified atom stereocenters. The molecular weight excluding hydrogens is 693 g/mol. The van der Waals surface area contributed by atoms with Gasteiger partial charge in [-0.1, -0.05) is 176 Å². The summed E-state index contributed by atoms with van der Waals surface area (Å²) in [5.74, 6) is -0.462. The van der Waals surface area contributed by atoms with Crippen LogP contribution in [-0.4, -0.2) is 37.9 Å². The Kier molecular flexibility index (Phi) is 43.6. The van der Waals surface area contributed by atoms with Crippen LogP contribution in [0.4, 0.5) is 0 Å². The molecule has 0 N–H and O–H groups in total. The van der Waals surface area contributed by atoms with E-state index in [2.05, 4.69) is 118 Å². The highest BCUT2D eigenvalue weighted by Gasteiger charge is 2.17. The average Bonchev–Trinajstić information content (AvgIpc) is 3.20. The van der Waals surface area contributed by atoms with Crippen LogP contribution in [0.3, 0.4) is 0 Å². The number of hydrogen-bond acceptors (Lipinski definition) is 5. The summed E-state index contributed by atoms with van der Waals surface area (Å²) in [5.41, 5.74) is 0. The quantitative estimate of drug-likeness (QED) is 0.0352. The largest absolute Gasteiger partial charge is 0.462 e. The van der Waals surface area contributed by atoms with Crippen molar-refractivity contribution in [3.8, 4) is 0 Å². The number of carbonyl (C=O) groups is 2. The van der Waals surface area contributed by atoms with Crippen molar-refractivity contribution in [3.05, 3.63) is 97.2 Å². The molecule has 1 atom stereocenters. The molecule has 0 aromatic heterocycles. The molecule has 0 fully saturated rings. The minimum absolute atomic E-state index is 0.0570. The average molecular weight is 777 g/mol. The number of hydrogen-bond donors (Lipinski definition) is 0. The van der Waals surface area contributed by atoms with Crippen molar-refractivity contribution < 1.29 is 23.8 Å². The van der Waals surface area contributed by atoms with E-state index in [0.29, 0.717) is 19.4 Å². The number of ether oxygens (including phenoxy) is 3. The number of allylic oxidation sites excluding steroid dienone is 16. The van der Waals surface area contributed by atoms with Crippen molar-refractivity contribution >= 4 is 11.9 Å². The van der Waals surface area contributed by atoms with E-state index in [1.54, 1.807) is 0 Å². The summed E-state index contributed by atoms with van der Waals surface area (Å²) in [5, 5.41) is 0. The fourth-order valence-corrected chi connectivity index (χ4v) is 5.78. The second kappa shape index (κ2) is 46.2. The zero-order valence-corrected chi connectivity index (χ0v) is 36.4. The standard InChI is InChI=1S/C51H84O5/c1-4-7-10-13-15-17-19-21-23-25-26-27-28-30-32-34-36-39-41-44-50(52)55-48-49(56-51(53)45-42-38-12-9-6-3)47-54-46-43-40-37-35-33-31-29-24-22-20-18-16-14-11-8-5-2/h7-8,10-11,15-18,21-24,26-27,30,32,49H,4-6,9,12-14,19-20,25,28-29,31,33-48H2,1-3H3/b10-7-,11-8-,17-15-,18-16-,23-21-,24-22-,27-26-,32-30-. The maximum atomic E-state index is 12.5. The van der Waals surface area contributed by atoms with E-state index in [1.807, 2.05) is 0 Å². The van der Waals surface area contributed by atoms with Crippen molar-refractivity contribution in [2.24, 2.45) is 0 Å². The van der Waals surface area contributed by atoms with Crippen LogP contribution < -0.4 is 0 Å². The van der Waals surface area contributed by atoms with Crippen LogP contribution in [0, 0.1) is 0 Å². The first-order valence-electron chi connectivity index (χ1n) is 22.8. The molecule has 0 aliphatic rings. The Labute approximate surface area is 345 Å². The van der Waals surface area contributed by atoms with E-state index >= 15 is 0 Å². The molecule has 0 aromatic carbocycles. The van der Waals surface area contributed by atoms with Crippen LogP contribution >= 0.6 is 0 Å². The zero-order valence-electron chi connectivity index (χ0n) is 36.4. The second-order valence-corrected chi connectivity index (χ2v) is 14.5. The third kappa shape index (κ3) is 43.5. The lowest BCUT2D eigenvalue weighted by Gasteiger charge is -2.18. The molecule has 5 heteroatoms. The highest BCUT2D eigenvalue weighted by atomic mass is 16.6. The SMILES string of the molecule is CC/C=C\C/C=C\C/C=C\C/C=C\C/C=C\CCCCCC(=O)OCC(COCCCCCCCC/C=C\C/C=C\C/C=C\CC)OC(=O)CCCCCCC. The van der Waals surface area contributed by atoms with Gasteiger partial charge in [-0.05, 0) is 96.3 Å². The van der Waals surface area contributed by atoms with E-state index in [9.17, 15) is 9.59 Å². The zero-order chi connectivity index (χ0) is 40.7. The van der Waals surface area contributed by atoms with Gasteiger partial charge in [0.15, 0.2) is 6.10 Å². The Morgan fingerprint density at radius 2 is 0.804 bits per heavy atom. The normalized spacial score (nSPS) is 13.1. The summed E-state index contributed by atoms with van der Waals surface area (Å²) < 4.78 is 17.2. The van der Waals surface area contributed by atoms with Gasteiger partial charge in [0.2, 0.25) is 0 Å². The van der Waals surface area contributed by atoms with Crippen LogP contribution in [-0.2, 0) is 23.8 Å². The molecule has 0 spiro atoms. The first kappa shape index (κ1) is 52.8. The van der Waals surface area contributed by atoms with Crippen molar-refractivity contribution in [3.63, 3.8) is 0 Å². The fraction of sp³-hybridized carbons (Fsp3) is 0.647. The molecule has 0 amide bonds. The van der Waals surface area contributed by atoms with Gasteiger partial charge in [0.05, 0.1) is 6.61 Å². The second-order valence-electron chi connectivity index (χ2n) is 14.5. The van der Waals surface area contributed by atoms with Crippen LogP contribution in [0.15, 0.2) is 97.2 Å². The van der Waals surface area contributed by atoms with Gasteiger partial charge in [-0.15, -0.1) is 0 Å². The van der Waals surface area contributed by atoms with Crippen molar-refractivity contribution in [1.29, 1.82) is 0 Å². The molecule has 0 heterocycles. The molecule has 0 aliphatic heterocycles. The topological polar surface area (TPSA) is 61.8 Å². The summed E-state index contributed by atoms with van der Waals surface area (Å²) >= 11 is 0. The molecule has 0 aliphatic carbocycles. The lowest BCUT2D eigenvalue weighted by molar-refractivity contribution is -0.163. The summed E-state index contributed by atoms with van der Waals surface area (Å²) in [6, 6.07) is 0. The Hall–Kier alpha value is -3.18. The van der Waals surface area contributed by atoms with E-state index in [-0.39, 0.29) is 25.2 Å². The third-order valence-corrected chi connectivity index (χ3v) is 9.12. The third-order valence-electron chi connectivity index (χ3n) is 9.12. The fourth-order valence-electron chi connectivity index (χ4n) is 5.78. The molecule has 318 valence electrons. The highest BCUT2D eigenvalue weighted by Crippen LogP contribution is 2.11. The Bertz CT molecular complexity index is 1110. The number of unbranched alkanes of at least 4 members (excludes halogenated alkanes) is 13. The van der Waals surface area contributed by atoms with Crippen molar-refractivity contribution in [1.82, 2.24) is 0 Å². The van der Waals surface area contributed by atoms with E-state index in [0.717, 1.165) is 116 Å². The molecule has 56 heavy (non-hydrogen) atoms. The maximum absolute atomic E-state index is 12.5. The Morgan fingerprint density at radius 3 is 1.30 bits per heavy atom. The first-order valence-corrected chi connectivity index (χ1v) is 22.8. The van der Waals surface area contributed by atoms with Gasteiger partial charge < -0.3 is 14.2 Å². The van der Waals surface area contributed by atoms with Crippen molar-refractivity contribution in [2.45, 2.75) is 194 Å². The smallest absolute Gasteiger partial charge is 0.306 e. The number of esters is 2. The lowest BCUT2D eigenvalue weighted by atomic mass is 10.1. The van der Waals surface area contributed by atoms with Crippen LogP contribution in [0.2, 0.25) is 0 Å². The molecule has 0 aromatic rings. The van der Waals surface area contributed by atoms with Crippen LogP contribution in [0.5, 0.6) is 0 Å². The molecule has 0 saturated heterocycles. The first-order chi connectivity index (χ1) is 27.6. The summed E-state index contributed by atoms with van der Waals surface area (Å²) in [6.45, 7) is 7.45. The maximum Gasteiger partial charge on any atom is 0.306 e. The van der Waals surface area contributed by atoms with Crippen LogP contribution in [0.25, 0.3) is 0 Å². The van der Waals surface area contributed by atoms with Gasteiger partial charge in [0.25, 0.3) is 0 Å². The minimum atomic E-state index is -0.557. The lowest BCUT2D eigenvalue weighted by Crippen LogP contribution is -2.30. The van der Waals surface area contributed by atoms with Gasteiger partial charge in [-0.2, -0.15) is 0 Å². The summed E-state index contributed by atoms with van der Waals surface area (Å²) in [7, 11) is 0. The molecule has 5 nitrogen and oxygen atoms in total. The molecular formula is C51H84O5. The minimum Gasteiger partial charge on any atom is -0.462 e.